The molecule has 2 aromatic carbocycles. The number of likely N-dealkylation sites (N-methyl/N-ethyl adjacent to an activating group) is 1. The Morgan fingerprint density at radius 1 is 1.14 bits per heavy atom. The van der Waals surface area contributed by atoms with Crippen molar-refractivity contribution in [2.24, 2.45) is 0 Å². The molecule has 35 heavy (non-hydrogen) atoms. The molecule has 0 aliphatic carbocycles. The van der Waals surface area contributed by atoms with E-state index in [9.17, 15) is 14.4 Å². The standard InChI is InChI=1S/C26H27FN4O4/c1-15-14-35-25-22-19(12-21(27)23(25)30-9-7-29(3)8-10-30)24(33)20(13-31(15)22)26(34)28-18-6-4-5-17(11-18)16(2)32/h4-6,11-13,15H,7-10,14H2,1-3H3,(H,28,34)/t15-/m0/s1. The molecule has 0 saturated carbocycles. The first-order chi connectivity index (χ1) is 16.7. The molecule has 3 heterocycles. The first kappa shape index (κ1) is 23.0. The summed E-state index contributed by atoms with van der Waals surface area (Å²) in [4.78, 5) is 42.3. The molecular formula is C26H27FN4O4. The molecule has 9 heteroatoms. The SMILES string of the molecule is CC(=O)c1cccc(NC(=O)c2cn3c4c(c(N5CCN(C)CC5)c(F)cc4c2=O)OC[C@@H]3C)c1. The predicted molar refractivity (Wildman–Crippen MR) is 132 cm³/mol. The third kappa shape index (κ3) is 4.05. The van der Waals surface area contributed by atoms with Crippen molar-refractivity contribution < 1.29 is 18.7 Å². The summed E-state index contributed by atoms with van der Waals surface area (Å²) >= 11 is 0. The van der Waals surface area contributed by atoms with Gasteiger partial charge < -0.3 is 24.4 Å². The van der Waals surface area contributed by atoms with Gasteiger partial charge in [0.25, 0.3) is 5.91 Å². The maximum absolute atomic E-state index is 15.5. The molecular weight excluding hydrogens is 451 g/mol. The summed E-state index contributed by atoms with van der Waals surface area (Å²) in [6.07, 6.45) is 1.52. The van der Waals surface area contributed by atoms with Crippen LogP contribution >= 0.6 is 0 Å². The molecule has 182 valence electrons. The van der Waals surface area contributed by atoms with E-state index in [-0.39, 0.29) is 29.4 Å². The lowest BCUT2D eigenvalue weighted by molar-refractivity contribution is 0.101. The molecule has 1 saturated heterocycles. The molecule has 0 bridgehead atoms. The zero-order chi connectivity index (χ0) is 24.9. The number of rotatable bonds is 4. The molecule has 1 N–H and O–H groups in total. The number of nitrogens with one attached hydrogen (secondary N) is 1. The second-order valence-electron chi connectivity index (χ2n) is 9.25. The van der Waals surface area contributed by atoms with E-state index in [2.05, 4.69) is 10.2 Å². The second kappa shape index (κ2) is 8.81. The first-order valence-electron chi connectivity index (χ1n) is 11.6. The summed E-state index contributed by atoms with van der Waals surface area (Å²) in [7, 11) is 2.02. The molecule has 2 aliphatic heterocycles. The maximum atomic E-state index is 15.5. The van der Waals surface area contributed by atoms with Gasteiger partial charge in [0.15, 0.2) is 17.3 Å². The van der Waals surface area contributed by atoms with Gasteiger partial charge >= 0.3 is 0 Å². The van der Waals surface area contributed by atoms with Gasteiger partial charge in [0.1, 0.15) is 17.9 Å². The van der Waals surface area contributed by atoms with Crippen molar-refractivity contribution in [2.75, 3.05) is 50.1 Å². The summed E-state index contributed by atoms with van der Waals surface area (Å²) in [5.74, 6) is -0.947. The number of ketones is 1. The Morgan fingerprint density at radius 3 is 2.60 bits per heavy atom. The third-order valence-corrected chi connectivity index (χ3v) is 6.73. The lowest BCUT2D eigenvalue weighted by Gasteiger charge is -2.37. The molecule has 1 fully saturated rings. The van der Waals surface area contributed by atoms with Crippen LogP contribution in [0.1, 0.15) is 40.6 Å². The van der Waals surface area contributed by atoms with E-state index < -0.39 is 17.2 Å². The van der Waals surface area contributed by atoms with Crippen molar-refractivity contribution >= 4 is 34.0 Å². The van der Waals surface area contributed by atoms with Gasteiger partial charge in [-0.05, 0) is 39.1 Å². The lowest BCUT2D eigenvalue weighted by atomic mass is 10.0. The number of aromatic nitrogens is 1. The molecule has 8 nitrogen and oxygen atoms in total. The molecule has 0 radical (unpaired) electrons. The van der Waals surface area contributed by atoms with Crippen LogP contribution in [0.5, 0.6) is 5.75 Å². The minimum atomic E-state index is -0.620. The minimum Gasteiger partial charge on any atom is -0.487 e. The van der Waals surface area contributed by atoms with Gasteiger partial charge in [-0.3, -0.25) is 14.4 Å². The number of amides is 1. The Bertz CT molecular complexity index is 1410. The van der Waals surface area contributed by atoms with Crippen LogP contribution in [-0.4, -0.2) is 61.0 Å². The van der Waals surface area contributed by atoms with Gasteiger partial charge in [-0.25, -0.2) is 4.39 Å². The first-order valence-corrected chi connectivity index (χ1v) is 11.6. The highest BCUT2D eigenvalue weighted by Crippen LogP contribution is 2.42. The quantitative estimate of drug-likeness (QED) is 0.580. The largest absolute Gasteiger partial charge is 0.487 e. The summed E-state index contributed by atoms with van der Waals surface area (Å²) in [5, 5.41) is 2.80. The number of carbonyl (C=O) groups excluding carboxylic acids is 2. The number of nitrogens with zero attached hydrogens (tertiary/aromatic N) is 3. The Hall–Kier alpha value is -3.72. The van der Waals surface area contributed by atoms with Crippen LogP contribution in [0, 0.1) is 5.82 Å². The van der Waals surface area contributed by atoms with Gasteiger partial charge in [0.05, 0.1) is 16.9 Å². The average molecular weight is 479 g/mol. The van der Waals surface area contributed by atoms with Crippen molar-refractivity contribution in [3.8, 4) is 5.75 Å². The number of Topliss-reactive ketones (excluding diaryl/α,β-unsaturated/α-hetero) is 1. The van der Waals surface area contributed by atoms with Crippen molar-refractivity contribution in [2.45, 2.75) is 19.9 Å². The summed E-state index contributed by atoms with van der Waals surface area (Å²) in [6.45, 7) is 6.53. The summed E-state index contributed by atoms with van der Waals surface area (Å²) < 4.78 is 23.3. The van der Waals surface area contributed by atoms with Crippen LogP contribution < -0.4 is 20.4 Å². The van der Waals surface area contributed by atoms with E-state index >= 15 is 4.39 Å². The topological polar surface area (TPSA) is 83.9 Å². The number of piperazine rings is 1. The number of anilines is 2. The fourth-order valence-electron chi connectivity index (χ4n) is 4.71. The van der Waals surface area contributed by atoms with E-state index in [1.807, 2.05) is 23.4 Å². The Morgan fingerprint density at radius 2 is 1.89 bits per heavy atom. The number of hydrogen-bond acceptors (Lipinski definition) is 6. The molecule has 2 aliphatic rings. The number of pyridine rings is 1. The normalized spacial score (nSPS) is 17.8. The van der Waals surface area contributed by atoms with Gasteiger partial charge in [0.2, 0.25) is 5.43 Å². The molecule has 3 aromatic rings. The van der Waals surface area contributed by atoms with Gasteiger partial charge in [-0.15, -0.1) is 0 Å². The highest BCUT2D eigenvalue weighted by atomic mass is 19.1. The number of hydrogen-bond donors (Lipinski definition) is 1. The van der Waals surface area contributed by atoms with Gasteiger partial charge in [0, 0.05) is 43.6 Å². The van der Waals surface area contributed by atoms with Crippen molar-refractivity contribution in [3.63, 3.8) is 0 Å². The van der Waals surface area contributed by atoms with Crippen LogP contribution in [0.15, 0.2) is 41.3 Å². The monoisotopic (exact) mass is 478 g/mol. The number of carbonyl (C=O) groups is 2. The van der Waals surface area contributed by atoms with Gasteiger partial charge in [-0.2, -0.15) is 0 Å². The van der Waals surface area contributed by atoms with Crippen molar-refractivity contribution in [1.82, 2.24) is 9.47 Å². The molecule has 1 amide bonds. The minimum absolute atomic E-state index is 0.0998. The summed E-state index contributed by atoms with van der Waals surface area (Å²) in [5.41, 5.74) is 1.04. The van der Waals surface area contributed by atoms with Crippen LogP contribution in [0.25, 0.3) is 10.9 Å². The number of halogens is 1. The lowest BCUT2D eigenvalue weighted by Crippen LogP contribution is -2.45. The fourth-order valence-corrected chi connectivity index (χ4v) is 4.71. The van der Waals surface area contributed by atoms with E-state index in [4.69, 9.17) is 4.74 Å². The third-order valence-electron chi connectivity index (χ3n) is 6.73. The average Bonchev–Trinajstić information content (AvgIpc) is 2.83. The van der Waals surface area contributed by atoms with E-state index in [0.717, 1.165) is 13.1 Å². The van der Waals surface area contributed by atoms with Crippen LogP contribution in [-0.2, 0) is 0 Å². The van der Waals surface area contributed by atoms with Crippen LogP contribution in [0.2, 0.25) is 0 Å². The maximum Gasteiger partial charge on any atom is 0.261 e. The zero-order valence-electron chi connectivity index (χ0n) is 19.9. The van der Waals surface area contributed by atoms with E-state index in [1.54, 1.807) is 24.3 Å². The van der Waals surface area contributed by atoms with Gasteiger partial charge in [-0.1, -0.05) is 12.1 Å². The number of benzene rings is 2. The molecule has 1 atom stereocenters. The highest BCUT2D eigenvalue weighted by Gasteiger charge is 2.31. The fraction of sp³-hybridized carbons (Fsp3) is 0.346. The van der Waals surface area contributed by atoms with Crippen LogP contribution in [0.4, 0.5) is 15.8 Å². The van der Waals surface area contributed by atoms with E-state index in [1.165, 1.54) is 19.2 Å². The Labute approximate surface area is 201 Å². The smallest absolute Gasteiger partial charge is 0.261 e. The second-order valence-corrected chi connectivity index (χ2v) is 9.25. The molecule has 0 spiro atoms. The summed E-state index contributed by atoms with van der Waals surface area (Å²) in [6, 6.07) is 7.56. The van der Waals surface area contributed by atoms with Crippen molar-refractivity contribution in [3.05, 3.63) is 63.7 Å². The van der Waals surface area contributed by atoms with E-state index in [0.29, 0.717) is 41.3 Å². The Kier molecular flexibility index (Phi) is 5.80. The zero-order valence-corrected chi connectivity index (χ0v) is 19.9. The molecule has 5 rings (SSSR count). The highest BCUT2D eigenvalue weighted by molar-refractivity contribution is 6.07. The number of ether oxygens (including phenoxy) is 1. The predicted octanol–water partition coefficient (Wildman–Crippen LogP) is 3.30. The van der Waals surface area contributed by atoms with Crippen molar-refractivity contribution in [1.29, 1.82) is 0 Å². The molecule has 0 unspecified atom stereocenters. The Balaban J connectivity index is 1.61. The van der Waals surface area contributed by atoms with Crippen LogP contribution in [0.3, 0.4) is 0 Å². The molecule has 1 aromatic heterocycles.